The molecular formula is C36H39NO4. The van der Waals surface area contributed by atoms with Gasteiger partial charge in [0.1, 0.15) is 12.2 Å². The van der Waals surface area contributed by atoms with Crippen LogP contribution in [0.3, 0.4) is 0 Å². The predicted octanol–water partition coefficient (Wildman–Crippen LogP) is 7.52. The van der Waals surface area contributed by atoms with Crippen LogP contribution in [0.4, 0.5) is 17.1 Å². The predicted molar refractivity (Wildman–Crippen MR) is 164 cm³/mol. The molecule has 0 N–H and O–H groups in total. The van der Waals surface area contributed by atoms with E-state index in [4.69, 9.17) is 18.9 Å². The van der Waals surface area contributed by atoms with Crippen LogP contribution in [-0.4, -0.2) is 51.8 Å². The fourth-order valence-corrected chi connectivity index (χ4v) is 5.02. The Morgan fingerprint density at radius 2 is 0.951 bits per heavy atom. The van der Waals surface area contributed by atoms with Crippen LogP contribution in [0, 0.1) is 0 Å². The van der Waals surface area contributed by atoms with Crippen molar-refractivity contribution in [2.75, 3.05) is 44.5 Å². The fourth-order valence-electron chi connectivity index (χ4n) is 5.02. The first kappa shape index (κ1) is 27.7. The van der Waals surface area contributed by atoms with Gasteiger partial charge in [-0.3, -0.25) is 0 Å². The largest absolute Gasteiger partial charge is 0.379 e. The highest BCUT2D eigenvalue weighted by molar-refractivity contribution is 5.78. The highest BCUT2D eigenvalue weighted by atomic mass is 16.6. The third-order valence-electron chi connectivity index (χ3n) is 7.54. The van der Waals surface area contributed by atoms with E-state index in [0.29, 0.717) is 12.2 Å². The average molecular weight is 550 g/mol. The third-order valence-corrected chi connectivity index (χ3v) is 7.54. The van der Waals surface area contributed by atoms with Gasteiger partial charge in [0, 0.05) is 30.3 Å². The second-order valence-electron chi connectivity index (χ2n) is 10.8. The van der Waals surface area contributed by atoms with Crippen LogP contribution in [-0.2, 0) is 31.8 Å². The fraction of sp³-hybridized carbons (Fsp3) is 0.333. The van der Waals surface area contributed by atoms with Crippen molar-refractivity contribution in [2.24, 2.45) is 0 Å². The Balaban J connectivity index is 1.14. The molecule has 2 heterocycles. The molecule has 2 aliphatic heterocycles. The normalized spacial score (nSPS) is 17.4. The number of benzene rings is 4. The van der Waals surface area contributed by atoms with E-state index >= 15 is 0 Å². The van der Waals surface area contributed by atoms with E-state index in [1.165, 1.54) is 22.3 Å². The Kier molecular flexibility index (Phi) is 9.40. The maximum absolute atomic E-state index is 5.71. The molecule has 41 heavy (non-hydrogen) atoms. The summed E-state index contributed by atoms with van der Waals surface area (Å²) in [6, 6.07) is 37.3. The molecule has 2 fully saturated rings. The van der Waals surface area contributed by atoms with Crippen molar-refractivity contribution in [3.63, 3.8) is 0 Å². The first-order chi connectivity index (χ1) is 20.3. The van der Waals surface area contributed by atoms with Crippen LogP contribution in [0.1, 0.15) is 24.0 Å². The molecule has 0 radical (unpaired) electrons. The van der Waals surface area contributed by atoms with Gasteiger partial charge in [0.2, 0.25) is 0 Å². The summed E-state index contributed by atoms with van der Waals surface area (Å²) in [6.07, 6.45) is 4.69. The summed E-state index contributed by atoms with van der Waals surface area (Å²) in [6.45, 7) is 4.69. The molecule has 5 heteroatoms. The van der Waals surface area contributed by atoms with Gasteiger partial charge in [-0.05, 0) is 84.3 Å². The number of hydrogen-bond acceptors (Lipinski definition) is 5. The van der Waals surface area contributed by atoms with Crippen molar-refractivity contribution in [3.8, 4) is 11.1 Å². The van der Waals surface area contributed by atoms with Gasteiger partial charge in [-0.15, -0.1) is 0 Å². The number of anilines is 3. The van der Waals surface area contributed by atoms with E-state index in [9.17, 15) is 0 Å². The van der Waals surface area contributed by atoms with Crippen molar-refractivity contribution in [1.29, 1.82) is 0 Å². The van der Waals surface area contributed by atoms with E-state index in [0.717, 1.165) is 82.4 Å². The second-order valence-corrected chi connectivity index (χ2v) is 10.8. The molecule has 212 valence electrons. The van der Waals surface area contributed by atoms with Crippen LogP contribution in [0.15, 0.2) is 103 Å². The maximum atomic E-state index is 5.71. The molecule has 0 saturated carbocycles. The summed E-state index contributed by atoms with van der Waals surface area (Å²) >= 11 is 0. The zero-order valence-corrected chi connectivity index (χ0v) is 23.6. The minimum Gasteiger partial charge on any atom is -0.379 e. The van der Waals surface area contributed by atoms with E-state index in [1.807, 2.05) is 0 Å². The van der Waals surface area contributed by atoms with Gasteiger partial charge in [0.25, 0.3) is 0 Å². The second kappa shape index (κ2) is 13.9. The smallest absolute Gasteiger partial charge is 0.104 e. The van der Waals surface area contributed by atoms with E-state index in [-0.39, 0.29) is 0 Å². The monoisotopic (exact) mass is 549 g/mol. The quantitative estimate of drug-likeness (QED) is 0.107. The number of epoxide rings is 2. The molecule has 4 aromatic rings. The number of nitrogens with zero attached hydrogens (tertiary/aromatic N) is 1. The number of ether oxygens (including phenoxy) is 4. The molecule has 6 rings (SSSR count). The lowest BCUT2D eigenvalue weighted by Gasteiger charge is -2.26. The Morgan fingerprint density at radius 3 is 1.39 bits per heavy atom. The zero-order chi connectivity index (χ0) is 27.7. The summed E-state index contributed by atoms with van der Waals surface area (Å²) in [5.74, 6) is 0. The molecule has 0 aliphatic carbocycles. The Bertz CT molecular complexity index is 1270. The highest BCUT2D eigenvalue weighted by Crippen LogP contribution is 2.36. The third kappa shape index (κ3) is 8.27. The lowest BCUT2D eigenvalue weighted by molar-refractivity contribution is 0.114. The van der Waals surface area contributed by atoms with Crippen LogP contribution < -0.4 is 4.90 Å². The first-order valence-electron chi connectivity index (χ1n) is 14.8. The van der Waals surface area contributed by atoms with Crippen molar-refractivity contribution >= 4 is 17.1 Å². The van der Waals surface area contributed by atoms with Gasteiger partial charge in [-0.25, -0.2) is 0 Å². The number of aryl methyl sites for hydroxylation is 2. The topological polar surface area (TPSA) is 46.8 Å². The molecule has 0 bridgehead atoms. The molecular weight excluding hydrogens is 510 g/mol. The van der Waals surface area contributed by atoms with Crippen LogP contribution in [0.25, 0.3) is 11.1 Å². The summed E-state index contributed by atoms with van der Waals surface area (Å²) in [5, 5.41) is 0. The molecule has 2 aliphatic rings. The van der Waals surface area contributed by atoms with Crippen LogP contribution >= 0.6 is 0 Å². The van der Waals surface area contributed by atoms with Crippen LogP contribution in [0.5, 0.6) is 0 Å². The molecule has 2 atom stereocenters. The molecule has 0 amide bonds. The van der Waals surface area contributed by atoms with Gasteiger partial charge in [-0.1, -0.05) is 66.7 Å². The van der Waals surface area contributed by atoms with Crippen molar-refractivity contribution in [1.82, 2.24) is 0 Å². The molecule has 0 spiro atoms. The van der Waals surface area contributed by atoms with Gasteiger partial charge < -0.3 is 23.8 Å². The lowest BCUT2D eigenvalue weighted by atomic mass is 10.0. The van der Waals surface area contributed by atoms with E-state index < -0.39 is 0 Å². The van der Waals surface area contributed by atoms with Gasteiger partial charge in [-0.2, -0.15) is 0 Å². The standard InChI is InChI=1S/C36H39NO4/c1-2-8-30(9-3-1)31-14-20-34(21-15-31)37(32-16-10-28(11-17-32)6-4-22-38-24-35-26-40-35)33-18-12-29(13-19-33)7-5-23-39-25-36-27-41-36/h1-3,8-21,35-36H,4-7,22-27H2. The first-order valence-corrected chi connectivity index (χ1v) is 14.8. The Labute approximate surface area is 243 Å². The molecule has 0 aromatic heterocycles. The molecule has 2 saturated heterocycles. The lowest BCUT2D eigenvalue weighted by Crippen LogP contribution is -2.10. The molecule has 5 nitrogen and oxygen atoms in total. The van der Waals surface area contributed by atoms with Crippen molar-refractivity contribution in [3.05, 3.63) is 114 Å². The number of hydrogen-bond donors (Lipinski definition) is 0. The Morgan fingerprint density at radius 1 is 0.537 bits per heavy atom. The molecule has 2 unspecified atom stereocenters. The summed E-state index contributed by atoms with van der Waals surface area (Å²) in [7, 11) is 0. The SMILES string of the molecule is c1ccc(-c2ccc(N(c3ccc(CCCOCC4CO4)cc3)c3ccc(CCCOCC4CO4)cc3)cc2)cc1. The minimum absolute atomic E-state index is 0.331. The number of rotatable bonds is 16. The molecule has 4 aromatic carbocycles. The van der Waals surface area contributed by atoms with Crippen LogP contribution in [0.2, 0.25) is 0 Å². The van der Waals surface area contributed by atoms with Gasteiger partial charge >= 0.3 is 0 Å². The summed E-state index contributed by atoms with van der Waals surface area (Å²) in [4.78, 5) is 2.33. The van der Waals surface area contributed by atoms with Gasteiger partial charge in [0.05, 0.1) is 26.4 Å². The highest BCUT2D eigenvalue weighted by Gasteiger charge is 2.22. The van der Waals surface area contributed by atoms with Gasteiger partial charge in [0.15, 0.2) is 0 Å². The maximum Gasteiger partial charge on any atom is 0.104 e. The van der Waals surface area contributed by atoms with E-state index in [1.54, 1.807) is 0 Å². The zero-order valence-electron chi connectivity index (χ0n) is 23.6. The minimum atomic E-state index is 0.331. The summed E-state index contributed by atoms with van der Waals surface area (Å²) < 4.78 is 21.9. The summed E-state index contributed by atoms with van der Waals surface area (Å²) in [5.41, 5.74) is 8.51. The Hall–Kier alpha value is -3.48. The van der Waals surface area contributed by atoms with Crippen molar-refractivity contribution < 1.29 is 18.9 Å². The average Bonchev–Trinajstić information content (AvgIpc) is 3.96. The van der Waals surface area contributed by atoms with E-state index in [2.05, 4.69) is 108 Å². The van der Waals surface area contributed by atoms with Crippen molar-refractivity contribution in [2.45, 2.75) is 37.9 Å².